The second-order valence-corrected chi connectivity index (χ2v) is 7.11. The van der Waals surface area contributed by atoms with Gasteiger partial charge in [0.05, 0.1) is 18.8 Å². The lowest BCUT2D eigenvalue weighted by molar-refractivity contribution is -0.145. The molecule has 7 nitrogen and oxygen atoms in total. The third-order valence-electron chi connectivity index (χ3n) is 5.08. The summed E-state index contributed by atoms with van der Waals surface area (Å²) in [5.41, 5.74) is 1.62. The first-order valence-electron chi connectivity index (χ1n) is 9.79. The van der Waals surface area contributed by atoms with Crippen LogP contribution in [0.25, 0.3) is 0 Å². The molecule has 3 aliphatic rings. The number of aliphatic hydroxyl groups is 1. The molecule has 0 fully saturated rings. The first kappa shape index (κ1) is 19.1. The van der Waals surface area contributed by atoms with Crippen molar-refractivity contribution in [2.45, 2.75) is 38.3 Å². The summed E-state index contributed by atoms with van der Waals surface area (Å²) < 4.78 is 16.5. The highest BCUT2D eigenvalue weighted by Crippen LogP contribution is 2.32. The summed E-state index contributed by atoms with van der Waals surface area (Å²) in [7, 11) is 0. The van der Waals surface area contributed by atoms with E-state index < -0.39 is 23.9 Å². The maximum absolute atomic E-state index is 13.0. The molecule has 2 atom stereocenters. The van der Waals surface area contributed by atoms with Gasteiger partial charge in [0.25, 0.3) is 0 Å². The summed E-state index contributed by atoms with van der Waals surface area (Å²) in [4.78, 5) is 25.3. The van der Waals surface area contributed by atoms with Crippen LogP contribution in [0.15, 0.2) is 53.5 Å². The zero-order valence-electron chi connectivity index (χ0n) is 16.1. The SMILES string of the molecule is CCCCOC(=O)C1NC=C2C=CC(Oc3ccc4c(c3)CCO4)C(=O)C2=C1O. The number of esters is 1. The van der Waals surface area contributed by atoms with Crippen LogP contribution in [0.1, 0.15) is 25.3 Å². The molecule has 1 aromatic rings. The number of carbonyl (C=O) groups is 2. The Morgan fingerprint density at radius 1 is 1.38 bits per heavy atom. The van der Waals surface area contributed by atoms with Crippen molar-refractivity contribution in [1.29, 1.82) is 0 Å². The standard InChI is InChI=1S/C22H23NO6/c1-2-3-9-28-22(26)19-21(25)18-14(12-23-19)4-6-17(20(18)24)29-15-5-7-16-13(11-15)8-10-27-16/h4-7,11-12,17,19,23,25H,2-3,8-10H2,1H3. The maximum atomic E-state index is 13.0. The van der Waals surface area contributed by atoms with Crippen molar-refractivity contribution in [3.05, 3.63) is 59.0 Å². The number of nitrogens with one attached hydrogen (secondary N) is 1. The molecular formula is C22H23NO6. The Kier molecular flexibility index (Phi) is 5.29. The second kappa shape index (κ2) is 8.03. The number of allylic oxidation sites excluding steroid dienone is 2. The minimum absolute atomic E-state index is 0.0817. The predicted octanol–water partition coefficient (Wildman–Crippen LogP) is 2.52. The molecule has 2 unspecified atom stereocenters. The minimum Gasteiger partial charge on any atom is -0.509 e. The molecule has 2 N–H and O–H groups in total. The molecule has 0 aromatic heterocycles. The fourth-order valence-corrected chi connectivity index (χ4v) is 3.49. The highest BCUT2D eigenvalue weighted by molar-refractivity contribution is 6.07. The Bertz CT molecular complexity index is 929. The van der Waals surface area contributed by atoms with Crippen molar-refractivity contribution in [2.24, 2.45) is 0 Å². The summed E-state index contributed by atoms with van der Waals surface area (Å²) in [6.45, 7) is 2.90. The second-order valence-electron chi connectivity index (χ2n) is 7.11. The van der Waals surface area contributed by atoms with Crippen LogP contribution in [0.5, 0.6) is 11.5 Å². The highest BCUT2D eigenvalue weighted by Gasteiger charge is 2.38. The highest BCUT2D eigenvalue weighted by atomic mass is 16.5. The van der Waals surface area contributed by atoms with Crippen molar-refractivity contribution in [2.75, 3.05) is 13.2 Å². The van der Waals surface area contributed by atoms with Gasteiger partial charge >= 0.3 is 5.97 Å². The molecule has 29 heavy (non-hydrogen) atoms. The van der Waals surface area contributed by atoms with Crippen LogP contribution in [-0.4, -0.2) is 42.2 Å². The van der Waals surface area contributed by atoms with Gasteiger partial charge in [-0.2, -0.15) is 0 Å². The van der Waals surface area contributed by atoms with E-state index in [9.17, 15) is 14.7 Å². The normalized spacial score (nSPS) is 22.2. The van der Waals surface area contributed by atoms with Gasteiger partial charge in [-0.1, -0.05) is 19.4 Å². The number of hydrogen-bond acceptors (Lipinski definition) is 7. The number of rotatable bonds is 6. The molecule has 1 aromatic carbocycles. The number of Topliss-reactive ketones (excluding diaryl/α,β-unsaturated/α-hetero) is 1. The number of carbonyl (C=O) groups excluding carboxylic acids is 2. The summed E-state index contributed by atoms with van der Waals surface area (Å²) in [5, 5.41) is 13.4. The average Bonchev–Trinajstić information content (AvgIpc) is 3.18. The van der Waals surface area contributed by atoms with Gasteiger partial charge in [-0.05, 0) is 30.7 Å². The van der Waals surface area contributed by atoms with Gasteiger partial charge in [-0.15, -0.1) is 0 Å². The largest absolute Gasteiger partial charge is 0.509 e. The van der Waals surface area contributed by atoms with Gasteiger partial charge in [0.15, 0.2) is 12.1 Å². The van der Waals surface area contributed by atoms with E-state index in [0.29, 0.717) is 17.9 Å². The van der Waals surface area contributed by atoms with Crippen molar-refractivity contribution < 1.29 is 28.9 Å². The van der Waals surface area contributed by atoms with Crippen LogP contribution < -0.4 is 14.8 Å². The van der Waals surface area contributed by atoms with Crippen LogP contribution in [0.4, 0.5) is 0 Å². The van der Waals surface area contributed by atoms with E-state index in [2.05, 4.69) is 5.32 Å². The van der Waals surface area contributed by atoms with Crippen molar-refractivity contribution in [3.63, 3.8) is 0 Å². The number of benzene rings is 1. The molecule has 152 valence electrons. The van der Waals surface area contributed by atoms with Gasteiger partial charge in [-0.3, -0.25) is 4.79 Å². The topological polar surface area (TPSA) is 94.1 Å². The minimum atomic E-state index is -1.10. The van der Waals surface area contributed by atoms with E-state index in [-0.39, 0.29) is 17.9 Å². The molecular weight excluding hydrogens is 374 g/mol. The van der Waals surface area contributed by atoms with Crippen LogP contribution in [0.2, 0.25) is 0 Å². The zero-order chi connectivity index (χ0) is 20.4. The fourth-order valence-electron chi connectivity index (χ4n) is 3.49. The zero-order valence-corrected chi connectivity index (χ0v) is 16.1. The third-order valence-corrected chi connectivity index (χ3v) is 5.08. The average molecular weight is 397 g/mol. The van der Waals surface area contributed by atoms with E-state index in [1.165, 1.54) is 6.20 Å². The van der Waals surface area contributed by atoms with Crippen LogP contribution in [0.3, 0.4) is 0 Å². The number of fused-ring (bicyclic) bond motifs is 2. The molecule has 0 spiro atoms. The van der Waals surface area contributed by atoms with Crippen LogP contribution in [-0.2, 0) is 20.7 Å². The van der Waals surface area contributed by atoms with Gasteiger partial charge in [0, 0.05) is 23.8 Å². The first-order chi connectivity index (χ1) is 14.1. The molecule has 0 radical (unpaired) electrons. The van der Waals surface area contributed by atoms with Gasteiger partial charge in [0.2, 0.25) is 5.78 Å². The molecule has 4 rings (SSSR count). The Balaban J connectivity index is 1.52. The predicted molar refractivity (Wildman–Crippen MR) is 105 cm³/mol. The van der Waals surface area contributed by atoms with E-state index in [1.807, 2.05) is 19.1 Å². The van der Waals surface area contributed by atoms with Gasteiger partial charge < -0.3 is 24.6 Å². The Hall–Kier alpha value is -3.22. The van der Waals surface area contributed by atoms with Crippen molar-refractivity contribution >= 4 is 11.8 Å². The molecule has 0 saturated carbocycles. The summed E-state index contributed by atoms with van der Waals surface area (Å²) in [6, 6.07) is 4.34. The third kappa shape index (κ3) is 3.72. The van der Waals surface area contributed by atoms with Crippen molar-refractivity contribution in [3.8, 4) is 11.5 Å². The molecule has 2 aliphatic heterocycles. The number of unbranched alkanes of at least 4 members (excludes halogenated alkanes) is 1. The van der Waals surface area contributed by atoms with Crippen molar-refractivity contribution in [1.82, 2.24) is 5.32 Å². The van der Waals surface area contributed by atoms with E-state index in [1.54, 1.807) is 18.2 Å². The lowest BCUT2D eigenvalue weighted by Crippen LogP contribution is -2.43. The molecule has 2 heterocycles. The fraction of sp³-hybridized carbons (Fsp3) is 0.364. The number of aliphatic hydroxyl groups excluding tert-OH is 1. The van der Waals surface area contributed by atoms with E-state index in [4.69, 9.17) is 14.2 Å². The lowest BCUT2D eigenvalue weighted by Gasteiger charge is -2.28. The van der Waals surface area contributed by atoms with E-state index >= 15 is 0 Å². The maximum Gasteiger partial charge on any atom is 0.336 e. The van der Waals surface area contributed by atoms with E-state index in [0.717, 1.165) is 30.6 Å². The van der Waals surface area contributed by atoms with Crippen LogP contribution >= 0.6 is 0 Å². The Morgan fingerprint density at radius 3 is 3.07 bits per heavy atom. The number of hydrogen-bond donors (Lipinski definition) is 2. The molecule has 7 heteroatoms. The molecule has 1 aliphatic carbocycles. The summed E-state index contributed by atoms with van der Waals surface area (Å²) in [6.07, 6.45) is 6.40. The Morgan fingerprint density at radius 2 is 2.24 bits per heavy atom. The monoisotopic (exact) mass is 397 g/mol. The first-order valence-corrected chi connectivity index (χ1v) is 9.79. The quantitative estimate of drug-likeness (QED) is 0.563. The number of ketones is 1. The molecule has 0 amide bonds. The molecule has 0 bridgehead atoms. The Labute approximate surface area is 168 Å². The summed E-state index contributed by atoms with van der Waals surface area (Å²) >= 11 is 0. The molecule has 0 saturated heterocycles. The van der Waals surface area contributed by atoms with Gasteiger partial charge in [-0.25, -0.2) is 4.79 Å². The number of ether oxygens (including phenoxy) is 3. The lowest BCUT2D eigenvalue weighted by atomic mass is 9.88. The number of dihydropyridines is 1. The van der Waals surface area contributed by atoms with Crippen LogP contribution in [0, 0.1) is 0 Å². The smallest absolute Gasteiger partial charge is 0.336 e. The summed E-state index contributed by atoms with van der Waals surface area (Å²) in [5.74, 6) is 0.0257. The van der Waals surface area contributed by atoms with Gasteiger partial charge in [0.1, 0.15) is 17.3 Å².